The monoisotopic (exact) mass is 377 g/mol. The molecule has 0 saturated carbocycles. The number of nitrogens with zero attached hydrogens (tertiary/aromatic N) is 5. The van der Waals surface area contributed by atoms with E-state index in [0.29, 0.717) is 41.7 Å². The third-order valence-electron chi connectivity index (χ3n) is 4.56. The quantitative estimate of drug-likeness (QED) is 0.689. The number of fused-ring (bicyclic) bond motifs is 1. The molecule has 2 aromatic heterocycles. The average Bonchev–Trinajstić information content (AvgIpc) is 3.18. The zero-order chi connectivity index (χ0) is 18.4. The van der Waals surface area contributed by atoms with Gasteiger partial charge in [0, 0.05) is 39.3 Å². The van der Waals surface area contributed by atoms with E-state index in [1.165, 1.54) is 17.4 Å². The Bertz CT molecular complexity index is 971. The van der Waals surface area contributed by atoms with Crippen LogP contribution in [0, 0.1) is 18.6 Å². The first-order chi connectivity index (χ1) is 12.4. The highest BCUT2D eigenvalue weighted by Gasteiger charge is 2.27. The first-order valence-corrected chi connectivity index (χ1v) is 9.04. The first-order valence-electron chi connectivity index (χ1n) is 8.22. The molecule has 1 aliphatic rings. The van der Waals surface area contributed by atoms with Crippen LogP contribution >= 0.6 is 11.3 Å². The molecule has 3 aromatic rings. The third-order valence-corrected chi connectivity index (χ3v) is 5.63. The molecular formula is C17H17F2N5OS. The summed E-state index contributed by atoms with van der Waals surface area (Å²) in [5, 5.41) is 4.77. The highest BCUT2D eigenvalue weighted by Crippen LogP contribution is 2.31. The second kappa shape index (κ2) is 6.31. The molecule has 0 atom stereocenters. The molecule has 3 heterocycles. The molecule has 0 spiro atoms. The zero-order valence-electron chi connectivity index (χ0n) is 14.4. The molecule has 0 bridgehead atoms. The Morgan fingerprint density at radius 3 is 2.58 bits per heavy atom. The van der Waals surface area contributed by atoms with Crippen molar-refractivity contribution >= 4 is 32.6 Å². The number of benzene rings is 1. The number of hydrogen-bond donors (Lipinski definition) is 0. The van der Waals surface area contributed by atoms with Crippen molar-refractivity contribution in [2.75, 3.05) is 31.1 Å². The van der Waals surface area contributed by atoms with E-state index in [1.54, 1.807) is 22.8 Å². The van der Waals surface area contributed by atoms with Crippen molar-refractivity contribution in [3.05, 3.63) is 41.2 Å². The van der Waals surface area contributed by atoms with Gasteiger partial charge in [0.1, 0.15) is 17.0 Å². The number of aryl methyl sites for hydroxylation is 2. The van der Waals surface area contributed by atoms with Gasteiger partial charge in [0.15, 0.2) is 10.9 Å². The van der Waals surface area contributed by atoms with E-state index in [-0.39, 0.29) is 11.4 Å². The number of carbonyl (C=O) groups is 1. The Balaban J connectivity index is 1.50. The van der Waals surface area contributed by atoms with E-state index in [0.717, 1.165) is 11.6 Å². The first kappa shape index (κ1) is 16.9. The van der Waals surface area contributed by atoms with Gasteiger partial charge < -0.3 is 9.80 Å². The average molecular weight is 377 g/mol. The number of piperazine rings is 1. The highest BCUT2D eigenvalue weighted by molar-refractivity contribution is 7.22. The summed E-state index contributed by atoms with van der Waals surface area (Å²) < 4.78 is 29.3. The van der Waals surface area contributed by atoms with Crippen LogP contribution in [0.3, 0.4) is 0 Å². The standard InChI is InChI=1S/C17H17F2N5OS/c1-10-9-20-22(2)15(10)16(25)23-3-5-24(6-4-23)17-21-14-12(19)7-11(18)8-13(14)26-17/h7-9H,3-6H2,1-2H3. The minimum Gasteiger partial charge on any atom is -0.345 e. The molecule has 0 N–H and O–H groups in total. The molecule has 26 heavy (non-hydrogen) atoms. The number of hydrogen-bond acceptors (Lipinski definition) is 5. The molecule has 0 unspecified atom stereocenters. The number of amides is 1. The van der Waals surface area contributed by atoms with Gasteiger partial charge in [0.25, 0.3) is 5.91 Å². The topological polar surface area (TPSA) is 54.3 Å². The minimum absolute atomic E-state index is 0.0421. The predicted molar refractivity (Wildman–Crippen MR) is 95.6 cm³/mol. The second-order valence-corrected chi connectivity index (χ2v) is 7.32. The van der Waals surface area contributed by atoms with Gasteiger partial charge in [-0.15, -0.1) is 0 Å². The summed E-state index contributed by atoms with van der Waals surface area (Å²) in [7, 11) is 1.76. The lowest BCUT2D eigenvalue weighted by Crippen LogP contribution is -2.49. The van der Waals surface area contributed by atoms with Crippen molar-refractivity contribution in [2.45, 2.75) is 6.92 Å². The van der Waals surface area contributed by atoms with Crippen LogP contribution in [-0.2, 0) is 7.05 Å². The molecule has 6 nitrogen and oxygen atoms in total. The highest BCUT2D eigenvalue weighted by atomic mass is 32.1. The van der Waals surface area contributed by atoms with Gasteiger partial charge in [-0.05, 0) is 18.6 Å². The van der Waals surface area contributed by atoms with E-state index in [2.05, 4.69) is 10.1 Å². The summed E-state index contributed by atoms with van der Waals surface area (Å²) in [6, 6.07) is 2.14. The number of carbonyl (C=O) groups excluding carboxylic acids is 1. The summed E-state index contributed by atoms with van der Waals surface area (Å²) in [4.78, 5) is 20.8. The number of rotatable bonds is 2. The number of aromatic nitrogens is 3. The van der Waals surface area contributed by atoms with Gasteiger partial charge in [-0.1, -0.05) is 11.3 Å². The van der Waals surface area contributed by atoms with Crippen molar-refractivity contribution in [2.24, 2.45) is 7.05 Å². The Kier molecular flexibility index (Phi) is 4.10. The number of halogens is 2. The van der Waals surface area contributed by atoms with Gasteiger partial charge in [-0.3, -0.25) is 9.48 Å². The van der Waals surface area contributed by atoms with Crippen LogP contribution < -0.4 is 4.90 Å². The molecule has 1 aromatic carbocycles. The fourth-order valence-electron chi connectivity index (χ4n) is 3.19. The minimum atomic E-state index is -0.650. The fourth-order valence-corrected chi connectivity index (χ4v) is 4.24. The van der Waals surface area contributed by atoms with Crippen molar-refractivity contribution in [1.82, 2.24) is 19.7 Å². The van der Waals surface area contributed by atoms with E-state index >= 15 is 0 Å². The summed E-state index contributed by atoms with van der Waals surface area (Å²) in [5.41, 5.74) is 1.63. The number of thiazole rings is 1. The van der Waals surface area contributed by atoms with E-state index in [1.807, 2.05) is 11.8 Å². The predicted octanol–water partition coefficient (Wildman–Crippen LogP) is 2.58. The summed E-state index contributed by atoms with van der Waals surface area (Å²) in [6.45, 7) is 4.12. The molecular weight excluding hydrogens is 360 g/mol. The maximum Gasteiger partial charge on any atom is 0.272 e. The molecule has 9 heteroatoms. The van der Waals surface area contributed by atoms with Crippen LogP contribution in [-0.4, -0.2) is 51.8 Å². The lowest BCUT2D eigenvalue weighted by molar-refractivity contribution is 0.0735. The summed E-state index contributed by atoms with van der Waals surface area (Å²) in [5.74, 6) is -1.30. The Hall–Kier alpha value is -2.55. The van der Waals surface area contributed by atoms with Gasteiger partial charge in [-0.25, -0.2) is 13.8 Å². The van der Waals surface area contributed by atoms with Crippen LogP contribution in [0.4, 0.5) is 13.9 Å². The lowest BCUT2D eigenvalue weighted by atomic mass is 10.2. The molecule has 1 aliphatic heterocycles. The van der Waals surface area contributed by atoms with Crippen molar-refractivity contribution in [3.8, 4) is 0 Å². The Morgan fingerprint density at radius 2 is 1.92 bits per heavy atom. The van der Waals surface area contributed by atoms with Crippen LogP contribution in [0.1, 0.15) is 16.1 Å². The van der Waals surface area contributed by atoms with E-state index < -0.39 is 11.6 Å². The zero-order valence-corrected chi connectivity index (χ0v) is 15.2. The SMILES string of the molecule is Cc1cnn(C)c1C(=O)N1CCN(c2nc3c(F)cc(F)cc3s2)CC1. The number of anilines is 1. The molecule has 1 fully saturated rings. The van der Waals surface area contributed by atoms with Gasteiger partial charge >= 0.3 is 0 Å². The largest absolute Gasteiger partial charge is 0.345 e. The van der Waals surface area contributed by atoms with Crippen molar-refractivity contribution < 1.29 is 13.6 Å². The Morgan fingerprint density at radius 1 is 1.19 bits per heavy atom. The summed E-state index contributed by atoms with van der Waals surface area (Å²) >= 11 is 1.26. The Labute approximate surface area is 152 Å². The summed E-state index contributed by atoms with van der Waals surface area (Å²) in [6.07, 6.45) is 1.68. The maximum atomic E-state index is 13.9. The van der Waals surface area contributed by atoms with Gasteiger partial charge in [0.2, 0.25) is 0 Å². The lowest BCUT2D eigenvalue weighted by Gasteiger charge is -2.34. The van der Waals surface area contributed by atoms with E-state index in [4.69, 9.17) is 0 Å². The normalized spacial score (nSPS) is 15.1. The molecule has 1 saturated heterocycles. The van der Waals surface area contributed by atoms with Gasteiger partial charge in [0.05, 0.1) is 10.9 Å². The van der Waals surface area contributed by atoms with Crippen LogP contribution in [0.2, 0.25) is 0 Å². The maximum absolute atomic E-state index is 13.9. The van der Waals surface area contributed by atoms with Crippen molar-refractivity contribution in [1.29, 1.82) is 0 Å². The molecule has 136 valence electrons. The molecule has 0 radical (unpaired) electrons. The second-order valence-electron chi connectivity index (χ2n) is 6.31. The smallest absolute Gasteiger partial charge is 0.272 e. The van der Waals surface area contributed by atoms with Crippen LogP contribution in [0.15, 0.2) is 18.3 Å². The molecule has 0 aliphatic carbocycles. The molecule has 4 rings (SSSR count). The van der Waals surface area contributed by atoms with Crippen LogP contribution in [0.25, 0.3) is 10.2 Å². The van der Waals surface area contributed by atoms with Crippen molar-refractivity contribution in [3.63, 3.8) is 0 Å². The van der Waals surface area contributed by atoms with Crippen LogP contribution in [0.5, 0.6) is 0 Å². The van der Waals surface area contributed by atoms with E-state index in [9.17, 15) is 13.6 Å². The fraction of sp³-hybridized carbons (Fsp3) is 0.353. The van der Waals surface area contributed by atoms with Gasteiger partial charge in [-0.2, -0.15) is 5.10 Å². The molecule has 1 amide bonds. The third kappa shape index (κ3) is 2.82.